The van der Waals surface area contributed by atoms with Gasteiger partial charge < -0.3 is 10.1 Å². The maximum absolute atomic E-state index is 11.3. The molecule has 1 N–H and O–H groups in total. The Bertz CT molecular complexity index is 227. The van der Waals surface area contributed by atoms with Gasteiger partial charge in [-0.15, -0.1) is 0 Å². The lowest BCUT2D eigenvalue weighted by molar-refractivity contribution is -0.122. The van der Waals surface area contributed by atoms with E-state index in [1.54, 1.807) is 0 Å². The molecule has 2 atom stereocenters. The standard InChI is InChI=1S/C10H15NO2/c12-10(6-1-2-6)11-3-7-8-4-13-5-9(7)8/h6-9H,1-5H2,(H,11,12). The van der Waals surface area contributed by atoms with E-state index in [-0.39, 0.29) is 5.91 Å². The molecule has 2 unspecified atom stereocenters. The number of amides is 1. The van der Waals surface area contributed by atoms with Crippen LogP contribution in [0.25, 0.3) is 0 Å². The molecule has 3 rings (SSSR count). The molecule has 72 valence electrons. The summed E-state index contributed by atoms with van der Waals surface area (Å²) in [5.74, 6) is 2.90. The minimum Gasteiger partial charge on any atom is -0.381 e. The Balaban J connectivity index is 1.42. The van der Waals surface area contributed by atoms with Crippen molar-refractivity contribution in [2.75, 3.05) is 19.8 Å². The van der Waals surface area contributed by atoms with E-state index in [1.807, 2.05) is 0 Å². The van der Waals surface area contributed by atoms with Crippen molar-refractivity contribution in [1.29, 1.82) is 0 Å². The molecule has 0 radical (unpaired) electrons. The molecule has 3 aliphatic rings. The molecule has 13 heavy (non-hydrogen) atoms. The SMILES string of the molecule is O=C(NCC1C2COCC12)C1CC1. The van der Waals surface area contributed by atoms with Crippen LogP contribution in [0.5, 0.6) is 0 Å². The number of hydrogen-bond donors (Lipinski definition) is 1. The van der Waals surface area contributed by atoms with Gasteiger partial charge in [0.2, 0.25) is 5.91 Å². The van der Waals surface area contributed by atoms with Crippen molar-refractivity contribution in [2.45, 2.75) is 12.8 Å². The second kappa shape index (κ2) is 2.71. The second-order valence-corrected chi connectivity index (χ2v) is 4.55. The molecular weight excluding hydrogens is 166 g/mol. The molecule has 0 spiro atoms. The van der Waals surface area contributed by atoms with Crippen molar-refractivity contribution in [3.63, 3.8) is 0 Å². The van der Waals surface area contributed by atoms with Gasteiger partial charge in [0.1, 0.15) is 0 Å². The number of carbonyl (C=O) groups excluding carboxylic acids is 1. The van der Waals surface area contributed by atoms with Gasteiger partial charge in [0.15, 0.2) is 0 Å². The van der Waals surface area contributed by atoms with E-state index in [2.05, 4.69) is 5.32 Å². The zero-order valence-corrected chi connectivity index (χ0v) is 7.66. The zero-order chi connectivity index (χ0) is 8.84. The summed E-state index contributed by atoms with van der Waals surface area (Å²) in [5.41, 5.74) is 0. The average molecular weight is 181 g/mol. The highest BCUT2D eigenvalue weighted by Crippen LogP contribution is 2.50. The molecule has 0 bridgehead atoms. The van der Waals surface area contributed by atoms with Gasteiger partial charge in [-0.1, -0.05) is 0 Å². The lowest BCUT2D eigenvalue weighted by Gasteiger charge is -2.05. The van der Waals surface area contributed by atoms with Gasteiger partial charge >= 0.3 is 0 Å². The highest BCUT2D eigenvalue weighted by molar-refractivity contribution is 5.80. The molecule has 3 heteroatoms. The maximum Gasteiger partial charge on any atom is 0.223 e. The number of hydrogen-bond acceptors (Lipinski definition) is 2. The van der Waals surface area contributed by atoms with Crippen LogP contribution in [0.2, 0.25) is 0 Å². The van der Waals surface area contributed by atoms with Gasteiger partial charge in [-0.25, -0.2) is 0 Å². The van der Waals surface area contributed by atoms with Crippen molar-refractivity contribution < 1.29 is 9.53 Å². The molecule has 1 aliphatic heterocycles. The maximum atomic E-state index is 11.3. The molecule has 3 nitrogen and oxygen atoms in total. The summed E-state index contributed by atoms with van der Waals surface area (Å²) in [6, 6.07) is 0. The summed E-state index contributed by atoms with van der Waals surface area (Å²) in [4.78, 5) is 11.3. The molecule has 0 aromatic heterocycles. The zero-order valence-electron chi connectivity index (χ0n) is 7.66. The Kier molecular flexibility index (Phi) is 1.62. The first-order valence-corrected chi connectivity index (χ1v) is 5.21. The van der Waals surface area contributed by atoms with E-state index in [9.17, 15) is 4.79 Å². The predicted molar refractivity (Wildman–Crippen MR) is 47.0 cm³/mol. The van der Waals surface area contributed by atoms with E-state index in [0.29, 0.717) is 5.92 Å². The van der Waals surface area contributed by atoms with Gasteiger partial charge in [0.25, 0.3) is 0 Å². The third-order valence-electron chi connectivity index (χ3n) is 3.59. The predicted octanol–water partition coefficient (Wildman–Crippen LogP) is 0.405. The Hall–Kier alpha value is -0.570. The topological polar surface area (TPSA) is 38.3 Å². The quantitative estimate of drug-likeness (QED) is 0.684. The number of carbonyl (C=O) groups is 1. The fourth-order valence-electron chi connectivity index (χ4n) is 2.37. The minimum atomic E-state index is 0.283. The van der Waals surface area contributed by atoms with Crippen molar-refractivity contribution in [1.82, 2.24) is 5.32 Å². The summed E-state index contributed by atoms with van der Waals surface area (Å²) < 4.78 is 5.29. The first-order valence-electron chi connectivity index (χ1n) is 5.21. The molecular formula is C10H15NO2. The van der Waals surface area contributed by atoms with Crippen LogP contribution >= 0.6 is 0 Å². The molecule has 1 heterocycles. The fourth-order valence-corrected chi connectivity index (χ4v) is 2.37. The van der Waals surface area contributed by atoms with Gasteiger partial charge in [-0.2, -0.15) is 0 Å². The molecule has 1 saturated heterocycles. The highest BCUT2D eigenvalue weighted by atomic mass is 16.5. The third kappa shape index (κ3) is 1.35. The Morgan fingerprint density at radius 1 is 1.31 bits per heavy atom. The fraction of sp³-hybridized carbons (Fsp3) is 0.900. The first-order chi connectivity index (χ1) is 6.36. The summed E-state index contributed by atoms with van der Waals surface area (Å²) in [5, 5.41) is 3.04. The summed E-state index contributed by atoms with van der Waals surface area (Å²) in [6.45, 7) is 2.75. The van der Waals surface area contributed by atoms with Crippen LogP contribution in [-0.4, -0.2) is 25.7 Å². The number of ether oxygens (including phenoxy) is 1. The van der Waals surface area contributed by atoms with Crippen LogP contribution in [0.4, 0.5) is 0 Å². The van der Waals surface area contributed by atoms with E-state index in [4.69, 9.17) is 4.74 Å². The van der Waals surface area contributed by atoms with Crippen molar-refractivity contribution in [3.8, 4) is 0 Å². The summed E-state index contributed by atoms with van der Waals surface area (Å²) >= 11 is 0. The highest BCUT2D eigenvalue weighted by Gasteiger charge is 2.53. The van der Waals surface area contributed by atoms with E-state index in [0.717, 1.165) is 50.4 Å². The van der Waals surface area contributed by atoms with Crippen LogP contribution in [-0.2, 0) is 9.53 Å². The second-order valence-electron chi connectivity index (χ2n) is 4.55. The third-order valence-corrected chi connectivity index (χ3v) is 3.59. The molecule has 0 aromatic rings. The molecule has 1 amide bonds. The van der Waals surface area contributed by atoms with Crippen molar-refractivity contribution in [2.24, 2.45) is 23.7 Å². The summed E-state index contributed by atoms with van der Waals surface area (Å²) in [7, 11) is 0. The van der Waals surface area contributed by atoms with Gasteiger partial charge in [0.05, 0.1) is 13.2 Å². The Morgan fingerprint density at radius 3 is 2.62 bits per heavy atom. The van der Waals surface area contributed by atoms with Crippen LogP contribution < -0.4 is 5.32 Å². The molecule has 2 saturated carbocycles. The van der Waals surface area contributed by atoms with Crippen LogP contribution in [0.1, 0.15) is 12.8 Å². The van der Waals surface area contributed by atoms with Crippen LogP contribution in [0, 0.1) is 23.7 Å². The van der Waals surface area contributed by atoms with Gasteiger partial charge in [-0.3, -0.25) is 4.79 Å². The Morgan fingerprint density at radius 2 is 2.00 bits per heavy atom. The van der Waals surface area contributed by atoms with Crippen molar-refractivity contribution >= 4 is 5.91 Å². The molecule has 0 aromatic carbocycles. The minimum absolute atomic E-state index is 0.283. The first kappa shape index (κ1) is 7.80. The summed E-state index contributed by atoms with van der Waals surface area (Å²) in [6.07, 6.45) is 2.21. The van der Waals surface area contributed by atoms with Crippen molar-refractivity contribution in [3.05, 3.63) is 0 Å². The lowest BCUT2D eigenvalue weighted by Crippen LogP contribution is -2.28. The molecule has 2 aliphatic carbocycles. The monoisotopic (exact) mass is 181 g/mol. The van der Waals surface area contributed by atoms with Crippen LogP contribution in [0.15, 0.2) is 0 Å². The Labute approximate surface area is 77.8 Å². The number of nitrogens with one attached hydrogen (secondary N) is 1. The van der Waals surface area contributed by atoms with Gasteiger partial charge in [-0.05, 0) is 30.6 Å². The van der Waals surface area contributed by atoms with Crippen LogP contribution in [0.3, 0.4) is 0 Å². The van der Waals surface area contributed by atoms with E-state index in [1.165, 1.54) is 0 Å². The molecule has 3 fully saturated rings. The van der Waals surface area contributed by atoms with E-state index >= 15 is 0 Å². The number of fused-ring (bicyclic) bond motifs is 1. The van der Waals surface area contributed by atoms with E-state index < -0.39 is 0 Å². The lowest BCUT2D eigenvalue weighted by atomic mass is 10.3. The normalized spacial score (nSPS) is 41.4. The largest absolute Gasteiger partial charge is 0.381 e. The van der Waals surface area contributed by atoms with Gasteiger partial charge in [0, 0.05) is 12.5 Å². The number of rotatable bonds is 3. The smallest absolute Gasteiger partial charge is 0.223 e. The average Bonchev–Trinajstić information content (AvgIpc) is 3.03.